The van der Waals surface area contributed by atoms with Crippen LogP contribution in [0.15, 0.2) is 23.1 Å². The fraction of sp³-hybridized carbons (Fsp3) is 0.125. The molecule has 0 fully saturated rings. The van der Waals surface area contributed by atoms with Crippen LogP contribution in [-0.2, 0) is 9.84 Å². The molecule has 1 rings (SSSR count). The van der Waals surface area contributed by atoms with E-state index in [4.69, 9.17) is 15.6 Å². The first-order valence-corrected chi connectivity index (χ1v) is 6.04. The van der Waals surface area contributed by atoms with E-state index in [1.165, 1.54) is 0 Å². The van der Waals surface area contributed by atoms with E-state index in [2.05, 4.69) is 0 Å². The number of nitrogens with zero attached hydrogens (tertiary/aromatic N) is 1. The highest BCUT2D eigenvalue weighted by molar-refractivity contribution is 7.90. The molecule has 0 aliphatic carbocycles. The second-order valence-corrected chi connectivity index (χ2v) is 5.03. The van der Waals surface area contributed by atoms with Gasteiger partial charge in [0, 0.05) is 12.3 Å². The average Bonchev–Trinajstić information content (AvgIpc) is 2.29. The molecule has 0 saturated carbocycles. The zero-order chi connectivity index (χ0) is 14.5. The van der Waals surface area contributed by atoms with Gasteiger partial charge in [0.05, 0.1) is 9.82 Å². The molecule has 0 bridgehead atoms. The van der Waals surface area contributed by atoms with E-state index < -0.39 is 32.0 Å². The lowest BCUT2D eigenvalue weighted by Gasteiger charge is -2.01. The molecule has 0 atom stereocenters. The summed E-state index contributed by atoms with van der Waals surface area (Å²) >= 11 is 0. The Morgan fingerprint density at radius 3 is 2.17 bits per heavy atom. The maximum absolute atomic E-state index is 11.1. The molecule has 0 saturated heterocycles. The smallest absolute Gasteiger partial charge is 0.342 e. The Hall–Kier alpha value is -2.04. The van der Waals surface area contributed by atoms with Crippen molar-refractivity contribution in [2.45, 2.75) is 4.90 Å². The Morgan fingerprint density at radius 1 is 1.33 bits per heavy atom. The highest BCUT2D eigenvalue weighted by Crippen LogP contribution is 2.22. The van der Waals surface area contributed by atoms with Crippen LogP contribution in [0.4, 0.5) is 5.69 Å². The average molecular weight is 279 g/mol. The number of carboxylic acids is 1. The van der Waals surface area contributed by atoms with Gasteiger partial charge in [-0.2, -0.15) is 0 Å². The van der Waals surface area contributed by atoms with Crippen molar-refractivity contribution in [3.8, 4) is 0 Å². The molecule has 0 amide bonds. The number of benzene rings is 1. The molecule has 0 radical (unpaired) electrons. The van der Waals surface area contributed by atoms with Crippen molar-refractivity contribution in [1.29, 1.82) is 0 Å². The first kappa shape index (κ1) is 16.0. The lowest BCUT2D eigenvalue weighted by molar-refractivity contribution is -0.385. The summed E-state index contributed by atoms with van der Waals surface area (Å²) in [7, 11) is -3.60. The van der Waals surface area contributed by atoms with Gasteiger partial charge in [0.15, 0.2) is 9.84 Å². The van der Waals surface area contributed by atoms with E-state index >= 15 is 0 Å². The van der Waals surface area contributed by atoms with Crippen LogP contribution in [0.2, 0.25) is 0 Å². The van der Waals surface area contributed by atoms with Gasteiger partial charge in [-0.3, -0.25) is 20.6 Å². The summed E-state index contributed by atoms with van der Waals surface area (Å²) in [6.07, 6.45) is 0.881. The third-order valence-electron chi connectivity index (χ3n) is 1.82. The number of hydrogen-bond donors (Lipinski definition) is 3. The third kappa shape index (κ3) is 3.76. The normalized spacial score (nSPS) is 10.2. The maximum atomic E-state index is 11.1. The van der Waals surface area contributed by atoms with Gasteiger partial charge >= 0.3 is 5.97 Å². The van der Waals surface area contributed by atoms with Crippen LogP contribution in [0.3, 0.4) is 0 Å². The predicted octanol–water partition coefficient (Wildman–Crippen LogP) is 0.714. The Morgan fingerprint density at radius 2 is 1.83 bits per heavy atom. The van der Waals surface area contributed by atoms with Crippen LogP contribution in [0, 0.1) is 10.1 Å². The Labute approximate surface area is 101 Å². The molecule has 0 spiro atoms. The van der Waals surface area contributed by atoms with Crippen LogP contribution in [0.1, 0.15) is 10.4 Å². The fourth-order valence-corrected chi connectivity index (χ4v) is 1.71. The summed E-state index contributed by atoms with van der Waals surface area (Å²) in [4.78, 5) is 20.0. The molecule has 9 nitrogen and oxygen atoms in total. The van der Waals surface area contributed by atoms with Gasteiger partial charge in [0.25, 0.3) is 5.69 Å². The molecule has 1 aromatic carbocycles. The lowest BCUT2D eigenvalue weighted by Crippen LogP contribution is -2.05. The van der Waals surface area contributed by atoms with Crippen LogP contribution in [0.5, 0.6) is 0 Å². The fourth-order valence-electron chi connectivity index (χ4n) is 1.07. The van der Waals surface area contributed by atoms with Crippen LogP contribution in [-0.4, -0.2) is 41.2 Å². The van der Waals surface area contributed by atoms with E-state index in [1.807, 2.05) is 0 Å². The second kappa shape index (κ2) is 6.05. The minimum Gasteiger partial charge on any atom is -0.477 e. The van der Waals surface area contributed by atoms with Gasteiger partial charge in [-0.15, -0.1) is 0 Å². The van der Waals surface area contributed by atoms with E-state index in [9.17, 15) is 23.3 Å². The zero-order valence-corrected chi connectivity index (χ0v) is 9.79. The number of rotatable bonds is 3. The second-order valence-electron chi connectivity index (χ2n) is 3.01. The van der Waals surface area contributed by atoms with Gasteiger partial charge in [-0.25, -0.2) is 13.2 Å². The molecular weight excluding hydrogens is 270 g/mol. The third-order valence-corrected chi connectivity index (χ3v) is 2.93. The molecule has 100 valence electrons. The molecular formula is C8H9NO8S. The van der Waals surface area contributed by atoms with Crippen molar-refractivity contribution in [2.24, 2.45) is 0 Å². The van der Waals surface area contributed by atoms with E-state index in [0.717, 1.165) is 24.5 Å². The minimum atomic E-state index is -3.60. The van der Waals surface area contributed by atoms with E-state index in [1.54, 1.807) is 0 Å². The predicted molar refractivity (Wildman–Crippen MR) is 58.4 cm³/mol. The van der Waals surface area contributed by atoms with Gasteiger partial charge < -0.3 is 5.11 Å². The summed E-state index contributed by atoms with van der Waals surface area (Å²) in [5, 5.41) is 31.2. The summed E-state index contributed by atoms with van der Waals surface area (Å²) in [5.41, 5.74) is -1.28. The van der Waals surface area contributed by atoms with Gasteiger partial charge in [0.2, 0.25) is 0 Å². The molecule has 0 aliphatic rings. The van der Waals surface area contributed by atoms with Crippen molar-refractivity contribution in [3.05, 3.63) is 33.9 Å². The monoisotopic (exact) mass is 279 g/mol. The lowest BCUT2D eigenvalue weighted by atomic mass is 10.2. The number of hydrogen-bond acceptors (Lipinski definition) is 7. The zero-order valence-electron chi connectivity index (χ0n) is 8.97. The topological polar surface area (TPSA) is 155 Å². The SMILES string of the molecule is CS(=O)(=O)c1ccc(C(=O)O)c([N+](=O)[O-])c1.OO. The van der Waals surface area contributed by atoms with Crippen molar-refractivity contribution in [3.63, 3.8) is 0 Å². The Kier molecular flexibility index (Phi) is 5.36. The number of sulfone groups is 1. The number of nitro benzene ring substituents is 1. The molecule has 3 N–H and O–H groups in total. The van der Waals surface area contributed by atoms with Crippen LogP contribution >= 0.6 is 0 Å². The largest absolute Gasteiger partial charge is 0.477 e. The van der Waals surface area contributed by atoms with Crippen molar-refractivity contribution >= 4 is 21.5 Å². The number of nitro groups is 1. The highest BCUT2D eigenvalue weighted by atomic mass is 32.2. The summed E-state index contributed by atoms with van der Waals surface area (Å²) in [6.45, 7) is 0. The maximum Gasteiger partial charge on any atom is 0.342 e. The number of carbonyl (C=O) groups is 1. The minimum absolute atomic E-state index is 0.288. The van der Waals surface area contributed by atoms with Crippen molar-refractivity contribution < 1.29 is 33.8 Å². The summed E-state index contributed by atoms with van der Waals surface area (Å²) < 4.78 is 22.2. The molecule has 0 heterocycles. The Balaban J connectivity index is 0.00000137. The molecule has 0 unspecified atom stereocenters. The number of carboxylic acid groups (broad SMARTS) is 1. The van der Waals surface area contributed by atoms with Crippen molar-refractivity contribution in [2.75, 3.05) is 6.26 Å². The van der Waals surface area contributed by atoms with Gasteiger partial charge in [-0.05, 0) is 12.1 Å². The van der Waals surface area contributed by atoms with Gasteiger partial charge in [0.1, 0.15) is 5.56 Å². The van der Waals surface area contributed by atoms with E-state index in [0.29, 0.717) is 0 Å². The molecule has 0 aromatic heterocycles. The quantitative estimate of drug-likeness (QED) is 0.415. The van der Waals surface area contributed by atoms with Crippen LogP contribution in [0.25, 0.3) is 0 Å². The Bertz CT molecular complexity index is 564. The highest BCUT2D eigenvalue weighted by Gasteiger charge is 2.22. The molecule has 0 aliphatic heterocycles. The van der Waals surface area contributed by atoms with Crippen molar-refractivity contribution in [1.82, 2.24) is 0 Å². The van der Waals surface area contributed by atoms with E-state index in [-0.39, 0.29) is 4.90 Å². The standard InChI is InChI=1S/C8H7NO6S.H2O2/c1-16(14,15)5-2-3-6(8(10)11)7(4-5)9(12)13;1-2/h2-4H,1H3,(H,10,11);1-2H. The summed E-state index contributed by atoms with van der Waals surface area (Å²) in [6, 6.07) is 2.65. The summed E-state index contributed by atoms with van der Waals surface area (Å²) in [5.74, 6) is -1.48. The molecule has 18 heavy (non-hydrogen) atoms. The molecule has 10 heteroatoms. The first-order valence-electron chi connectivity index (χ1n) is 4.15. The number of aromatic carboxylic acids is 1. The van der Waals surface area contributed by atoms with Crippen LogP contribution < -0.4 is 0 Å². The first-order chi connectivity index (χ1) is 8.23. The van der Waals surface area contributed by atoms with Gasteiger partial charge in [-0.1, -0.05) is 0 Å². The molecule has 1 aromatic rings.